The summed E-state index contributed by atoms with van der Waals surface area (Å²) >= 11 is 0. The highest BCUT2D eigenvalue weighted by Crippen LogP contribution is 2.28. The Labute approximate surface area is 189 Å². The Morgan fingerprint density at radius 1 is 0.938 bits per heavy atom. The summed E-state index contributed by atoms with van der Waals surface area (Å²) in [5.41, 5.74) is 3.47. The molecule has 170 valence electrons. The lowest BCUT2D eigenvalue weighted by atomic mass is 9.87. The summed E-state index contributed by atoms with van der Waals surface area (Å²) in [6.45, 7) is 4.43. The molecular weight excluding hydrogens is 406 g/mol. The molecule has 0 unspecified atom stereocenters. The van der Waals surface area contributed by atoms with Crippen LogP contribution in [0.25, 0.3) is 0 Å². The smallest absolute Gasteiger partial charge is 0.306 e. The van der Waals surface area contributed by atoms with Gasteiger partial charge in [-0.05, 0) is 93.5 Å². The molecule has 6 heteroatoms. The van der Waals surface area contributed by atoms with Gasteiger partial charge >= 0.3 is 5.97 Å². The lowest BCUT2D eigenvalue weighted by Gasteiger charge is -2.26. The van der Waals surface area contributed by atoms with Crippen LogP contribution in [-0.4, -0.2) is 35.4 Å². The van der Waals surface area contributed by atoms with Crippen molar-refractivity contribution in [3.05, 3.63) is 64.7 Å². The highest BCUT2D eigenvalue weighted by molar-refractivity contribution is 5.96. The van der Waals surface area contributed by atoms with Crippen LogP contribution in [0, 0.1) is 19.8 Å². The molecule has 1 fully saturated rings. The van der Waals surface area contributed by atoms with Crippen LogP contribution in [0.15, 0.2) is 42.5 Å². The lowest BCUT2D eigenvalue weighted by molar-refractivity contribution is -0.143. The summed E-state index contributed by atoms with van der Waals surface area (Å²) in [5, 5.41) is 11.9. The monoisotopic (exact) mass is 437 g/mol. The number of rotatable bonds is 9. The second-order valence-electron chi connectivity index (χ2n) is 8.54. The van der Waals surface area contributed by atoms with E-state index in [0.717, 1.165) is 24.0 Å². The van der Waals surface area contributed by atoms with Crippen molar-refractivity contribution < 1.29 is 24.2 Å². The van der Waals surface area contributed by atoms with Gasteiger partial charge in [0.25, 0.3) is 5.91 Å². The van der Waals surface area contributed by atoms with Crippen LogP contribution in [0.4, 0.5) is 0 Å². The third-order valence-electron chi connectivity index (χ3n) is 6.14. The van der Waals surface area contributed by atoms with Gasteiger partial charge in [-0.2, -0.15) is 0 Å². The van der Waals surface area contributed by atoms with Crippen LogP contribution in [-0.2, 0) is 4.79 Å². The van der Waals surface area contributed by atoms with Gasteiger partial charge in [0.15, 0.2) is 5.78 Å². The highest BCUT2D eigenvalue weighted by Gasteiger charge is 2.26. The number of amides is 1. The minimum atomic E-state index is -0.726. The molecule has 2 N–H and O–H groups in total. The molecule has 0 bridgehead atoms. The van der Waals surface area contributed by atoms with Gasteiger partial charge in [-0.3, -0.25) is 14.4 Å². The molecule has 0 saturated heterocycles. The molecule has 0 aromatic heterocycles. The number of hydrogen-bond donors (Lipinski definition) is 2. The number of carbonyl (C=O) groups excluding carboxylic acids is 2. The minimum Gasteiger partial charge on any atom is -0.490 e. The Balaban J connectivity index is 1.39. The largest absolute Gasteiger partial charge is 0.490 e. The number of carboxylic acid groups (broad SMARTS) is 1. The van der Waals surface area contributed by atoms with Crippen molar-refractivity contribution in [2.45, 2.75) is 58.5 Å². The van der Waals surface area contributed by atoms with E-state index in [2.05, 4.69) is 5.32 Å². The third kappa shape index (κ3) is 6.42. The fourth-order valence-electron chi connectivity index (χ4n) is 3.92. The van der Waals surface area contributed by atoms with Gasteiger partial charge in [0, 0.05) is 24.1 Å². The average Bonchev–Trinajstić information content (AvgIpc) is 2.79. The van der Waals surface area contributed by atoms with Crippen molar-refractivity contribution >= 4 is 17.7 Å². The Morgan fingerprint density at radius 3 is 2.22 bits per heavy atom. The summed E-state index contributed by atoms with van der Waals surface area (Å²) in [7, 11) is 0. The molecule has 1 aliphatic rings. The quantitative estimate of drug-likeness (QED) is 0.437. The molecule has 0 heterocycles. The van der Waals surface area contributed by atoms with Gasteiger partial charge in [-0.1, -0.05) is 6.07 Å². The number of Topliss-reactive ketones (excluding diaryl/α,β-unsaturated/α-hetero) is 1. The molecule has 1 saturated carbocycles. The van der Waals surface area contributed by atoms with Crippen LogP contribution in [0.3, 0.4) is 0 Å². The number of aryl methyl sites for hydroxylation is 2. The van der Waals surface area contributed by atoms with Gasteiger partial charge in [0.2, 0.25) is 0 Å². The van der Waals surface area contributed by atoms with Crippen molar-refractivity contribution in [3.63, 3.8) is 0 Å². The first kappa shape index (κ1) is 23.5. The first-order valence-electron chi connectivity index (χ1n) is 11.2. The fourth-order valence-corrected chi connectivity index (χ4v) is 3.92. The minimum absolute atomic E-state index is 0.0214. The van der Waals surface area contributed by atoms with Crippen molar-refractivity contribution in [2.75, 3.05) is 6.54 Å². The predicted octanol–water partition coefficient (Wildman–Crippen LogP) is 4.72. The molecule has 3 rings (SSSR count). The molecule has 0 spiro atoms. The van der Waals surface area contributed by atoms with Crippen molar-refractivity contribution in [1.29, 1.82) is 0 Å². The molecule has 2 aromatic rings. The summed E-state index contributed by atoms with van der Waals surface area (Å²) in [6, 6.07) is 12.7. The van der Waals surface area contributed by atoms with Crippen LogP contribution >= 0.6 is 0 Å². The summed E-state index contributed by atoms with van der Waals surface area (Å²) < 4.78 is 5.95. The zero-order valence-corrected chi connectivity index (χ0v) is 18.7. The maximum atomic E-state index is 12.4. The average molecular weight is 438 g/mol. The molecular formula is C26H31NO5. The number of carbonyl (C=O) groups is 3. The van der Waals surface area contributed by atoms with Crippen LogP contribution in [0.2, 0.25) is 0 Å². The highest BCUT2D eigenvalue weighted by atomic mass is 16.5. The second kappa shape index (κ2) is 10.9. The molecule has 0 atom stereocenters. The van der Waals surface area contributed by atoms with Gasteiger partial charge in [-0.25, -0.2) is 0 Å². The fraction of sp³-hybridized carbons (Fsp3) is 0.423. The van der Waals surface area contributed by atoms with E-state index in [4.69, 9.17) is 9.84 Å². The standard InChI is InChI=1S/C26H31NO5/c1-17-5-6-21(16-18(17)2)25(29)27-15-3-4-24(28)19-7-11-22(12-8-19)32-23-13-9-20(10-14-23)26(30)31/h5-8,11-12,16,20,23H,3-4,9-10,13-15H2,1-2H3,(H,27,29)(H,30,31). The van der Waals surface area contributed by atoms with Crippen LogP contribution < -0.4 is 10.1 Å². The molecule has 6 nitrogen and oxygen atoms in total. The molecule has 2 aromatic carbocycles. The molecule has 0 aliphatic heterocycles. The zero-order valence-electron chi connectivity index (χ0n) is 18.7. The first-order valence-corrected chi connectivity index (χ1v) is 11.2. The van der Waals surface area contributed by atoms with E-state index in [9.17, 15) is 14.4 Å². The Bertz CT molecular complexity index is 959. The van der Waals surface area contributed by atoms with E-state index in [1.807, 2.05) is 32.0 Å². The number of aliphatic carboxylic acids is 1. The third-order valence-corrected chi connectivity index (χ3v) is 6.14. The van der Waals surface area contributed by atoms with Gasteiger partial charge in [0.05, 0.1) is 12.0 Å². The molecule has 1 aliphatic carbocycles. The second-order valence-corrected chi connectivity index (χ2v) is 8.54. The first-order chi connectivity index (χ1) is 15.3. The lowest BCUT2D eigenvalue weighted by Crippen LogP contribution is -2.27. The number of carboxylic acids is 1. The number of nitrogens with one attached hydrogen (secondary N) is 1. The molecule has 0 radical (unpaired) electrons. The zero-order chi connectivity index (χ0) is 23.1. The number of ether oxygens (including phenoxy) is 1. The van der Waals surface area contributed by atoms with E-state index >= 15 is 0 Å². The van der Waals surface area contributed by atoms with Crippen molar-refractivity contribution in [3.8, 4) is 5.75 Å². The Morgan fingerprint density at radius 2 is 1.59 bits per heavy atom. The Hall–Kier alpha value is -3.15. The normalized spacial score (nSPS) is 18.1. The van der Waals surface area contributed by atoms with Crippen molar-refractivity contribution in [1.82, 2.24) is 5.32 Å². The maximum Gasteiger partial charge on any atom is 0.306 e. The summed E-state index contributed by atoms with van der Waals surface area (Å²) in [6.07, 6.45) is 3.67. The molecule has 32 heavy (non-hydrogen) atoms. The van der Waals surface area contributed by atoms with Gasteiger partial charge in [0.1, 0.15) is 5.75 Å². The van der Waals surface area contributed by atoms with Crippen molar-refractivity contribution in [2.24, 2.45) is 5.92 Å². The van der Waals surface area contributed by atoms with Gasteiger partial charge in [-0.15, -0.1) is 0 Å². The number of ketones is 1. The number of benzene rings is 2. The topological polar surface area (TPSA) is 92.7 Å². The maximum absolute atomic E-state index is 12.4. The summed E-state index contributed by atoms with van der Waals surface area (Å²) in [5.74, 6) is -0.392. The Kier molecular flexibility index (Phi) is 8.03. The molecule has 1 amide bonds. The SMILES string of the molecule is Cc1ccc(C(=O)NCCCC(=O)c2ccc(OC3CCC(C(=O)O)CC3)cc2)cc1C. The van der Waals surface area contributed by atoms with E-state index in [0.29, 0.717) is 49.1 Å². The number of hydrogen-bond acceptors (Lipinski definition) is 4. The van der Waals surface area contributed by atoms with E-state index < -0.39 is 5.97 Å². The summed E-state index contributed by atoms with van der Waals surface area (Å²) in [4.78, 5) is 35.7. The van der Waals surface area contributed by atoms with E-state index in [1.165, 1.54) is 0 Å². The van der Waals surface area contributed by atoms with Crippen LogP contribution in [0.5, 0.6) is 5.75 Å². The van der Waals surface area contributed by atoms with E-state index in [-0.39, 0.29) is 23.7 Å². The van der Waals surface area contributed by atoms with Gasteiger partial charge < -0.3 is 15.2 Å². The van der Waals surface area contributed by atoms with E-state index in [1.54, 1.807) is 24.3 Å². The van der Waals surface area contributed by atoms with Crippen LogP contribution in [0.1, 0.15) is 70.4 Å². The predicted molar refractivity (Wildman–Crippen MR) is 122 cm³/mol.